The zero-order valence-electron chi connectivity index (χ0n) is 15.7. The van der Waals surface area contributed by atoms with Gasteiger partial charge in [-0.2, -0.15) is 0 Å². The molecule has 2 atom stereocenters. The average Bonchev–Trinajstić information content (AvgIpc) is 3.22. The van der Waals surface area contributed by atoms with E-state index < -0.39 is 0 Å². The van der Waals surface area contributed by atoms with Crippen molar-refractivity contribution in [1.82, 2.24) is 9.47 Å². The van der Waals surface area contributed by atoms with E-state index in [1.165, 1.54) is 10.6 Å². The van der Waals surface area contributed by atoms with E-state index >= 15 is 0 Å². The number of rotatable bonds is 6. The van der Waals surface area contributed by atoms with Crippen LogP contribution in [0.2, 0.25) is 0 Å². The molecule has 0 radical (unpaired) electrons. The number of carbonyl (C=O) groups is 1. The molecule has 0 spiro atoms. The Labute approximate surface area is 159 Å². The summed E-state index contributed by atoms with van der Waals surface area (Å²) < 4.78 is 18.7. The van der Waals surface area contributed by atoms with Crippen molar-refractivity contribution in [2.75, 3.05) is 52.7 Å². The first-order chi connectivity index (χ1) is 13.2. The van der Waals surface area contributed by atoms with Crippen molar-refractivity contribution in [2.24, 2.45) is 17.3 Å². The van der Waals surface area contributed by atoms with Crippen LogP contribution in [0.1, 0.15) is 12.8 Å². The van der Waals surface area contributed by atoms with Gasteiger partial charge in [-0.25, -0.2) is 0 Å². The topological polar surface area (TPSA) is 70.0 Å². The van der Waals surface area contributed by atoms with Crippen molar-refractivity contribution >= 4 is 5.91 Å². The Hall–Kier alpha value is -1.70. The molecule has 0 saturated carbocycles. The third kappa shape index (κ3) is 4.10. The molecule has 0 N–H and O–H groups in total. The van der Waals surface area contributed by atoms with Crippen molar-refractivity contribution in [3.05, 3.63) is 34.7 Å². The Bertz CT molecular complexity index is 714. The molecule has 1 aromatic heterocycles. The van der Waals surface area contributed by atoms with Gasteiger partial charge in [0, 0.05) is 56.5 Å². The van der Waals surface area contributed by atoms with Gasteiger partial charge in [0.2, 0.25) is 5.91 Å². The van der Waals surface area contributed by atoms with Gasteiger partial charge in [-0.1, -0.05) is 6.07 Å². The van der Waals surface area contributed by atoms with E-state index in [9.17, 15) is 9.59 Å². The number of carbonyl (C=O) groups excluding carboxylic acids is 1. The van der Waals surface area contributed by atoms with Gasteiger partial charge in [-0.3, -0.25) is 9.59 Å². The standard InChI is InChI=1S/C20H28N2O5/c23-18-3-1-2-6-21(18)10-19(24)22-9-17-12-27-15-20(17,13-22)14-26-11-16-4-7-25-8-5-16/h1-3,6,16-17H,4-5,7-15H2/t17-,20-/m1/s1. The van der Waals surface area contributed by atoms with Gasteiger partial charge in [0.25, 0.3) is 5.56 Å². The van der Waals surface area contributed by atoms with Crippen LogP contribution in [0.4, 0.5) is 0 Å². The molecule has 7 heteroatoms. The lowest BCUT2D eigenvalue weighted by molar-refractivity contribution is -0.132. The largest absolute Gasteiger partial charge is 0.381 e. The molecule has 3 aliphatic heterocycles. The van der Waals surface area contributed by atoms with E-state index in [4.69, 9.17) is 14.2 Å². The van der Waals surface area contributed by atoms with E-state index in [0.29, 0.717) is 44.7 Å². The van der Waals surface area contributed by atoms with E-state index in [2.05, 4.69) is 0 Å². The zero-order chi connectivity index (χ0) is 18.7. The molecule has 1 amide bonds. The Morgan fingerprint density at radius 3 is 2.93 bits per heavy atom. The summed E-state index contributed by atoms with van der Waals surface area (Å²) in [7, 11) is 0. The lowest BCUT2D eigenvalue weighted by Crippen LogP contribution is -2.39. The summed E-state index contributed by atoms with van der Waals surface area (Å²) in [6.07, 6.45) is 3.78. The molecule has 0 aromatic carbocycles. The molecule has 3 fully saturated rings. The summed E-state index contributed by atoms with van der Waals surface area (Å²) in [6.45, 7) is 5.77. The Morgan fingerprint density at radius 1 is 1.26 bits per heavy atom. The monoisotopic (exact) mass is 376 g/mol. The second-order valence-electron chi connectivity index (χ2n) is 8.09. The maximum atomic E-state index is 12.7. The molecule has 27 heavy (non-hydrogen) atoms. The second kappa shape index (κ2) is 8.12. The first-order valence-corrected chi connectivity index (χ1v) is 9.83. The predicted molar refractivity (Wildman–Crippen MR) is 98.4 cm³/mol. The van der Waals surface area contributed by atoms with Gasteiger partial charge < -0.3 is 23.7 Å². The van der Waals surface area contributed by atoms with Crippen LogP contribution in [-0.4, -0.2) is 68.1 Å². The van der Waals surface area contributed by atoms with E-state index in [-0.39, 0.29) is 23.4 Å². The van der Waals surface area contributed by atoms with Crippen LogP contribution in [0.25, 0.3) is 0 Å². The minimum absolute atomic E-state index is 0.0125. The van der Waals surface area contributed by atoms with Crippen LogP contribution in [0.3, 0.4) is 0 Å². The summed E-state index contributed by atoms with van der Waals surface area (Å²) >= 11 is 0. The van der Waals surface area contributed by atoms with E-state index in [0.717, 1.165) is 32.7 Å². The van der Waals surface area contributed by atoms with Crippen LogP contribution in [0.5, 0.6) is 0 Å². The smallest absolute Gasteiger partial charge is 0.250 e. The molecule has 4 heterocycles. The summed E-state index contributed by atoms with van der Waals surface area (Å²) in [6, 6.07) is 4.93. The quantitative estimate of drug-likeness (QED) is 0.733. The number of hydrogen-bond acceptors (Lipinski definition) is 5. The summed E-state index contributed by atoms with van der Waals surface area (Å²) in [5.41, 5.74) is -0.259. The second-order valence-corrected chi connectivity index (χ2v) is 8.09. The van der Waals surface area contributed by atoms with Gasteiger partial charge in [0.15, 0.2) is 0 Å². The molecule has 0 unspecified atom stereocenters. The first-order valence-electron chi connectivity index (χ1n) is 9.83. The third-order valence-corrected chi connectivity index (χ3v) is 6.16. The van der Waals surface area contributed by atoms with Crippen LogP contribution < -0.4 is 5.56 Å². The highest BCUT2D eigenvalue weighted by atomic mass is 16.5. The van der Waals surface area contributed by atoms with Crippen LogP contribution in [0.15, 0.2) is 29.2 Å². The van der Waals surface area contributed by atoms with Gasteiger partial charge in [-0.15, -0.1) is 0 Å². The third-order valence-electron chi connectivity index (χ3n) is 6.16. The molecule has 4 rings (SSSR count). The summed E-state index contributed by atoms with van der Waals surface area (Å²) in [5.74, 6) is 0.866. The minimum Gasteiger partial charge on any atom is -0.381 e. The summed E-state index contributed by atoms with van der Waals surface area (Å²) in [4.78, 5) is 26.5. The lowest BCUT2D eigenvalue weighted by atomic mass is 9.82. The zero-order valence-corrected chi connectivity index (χ0v) is 15.7. The number of likely N-dealkylation sites (tertiary alicyclic amines) is 1. The molecule has 148 valence electrons. The Balaban J connectivity index is 1.34. The fourth-order valence-corrected chi connectivity index (χ4v) is 4.40. The van der Waals surface area contributed by atoms with Crippen molar-refractivity contribution in [1.29, 1.82) is 0 Å². The fourth-order valence-electron chi connectivity index (χ4n) is 4.40. The molecule has 0 aliphatic carbocycles. The number of amides is 1. The highest BCUT2D eigenvalue weighted by Gasteiger charge is 2.52. The number of hydrogen-bond donors (Lipinski definition) is 0. The van der Waals surface area contributed by atoms with Gasteiger partial charge >= 0.3 is 0 Å². The van der Waals surface area contributed by atoms with E-state index in [1.54, 1.807) is 18.3 Å². The van der Waals surface area contributed by atoms with Crippen molar-refractivity contribution < 1.29 is 19.0 Å². The lowest BCUT2D eigenvalue weighted by Gasteiger charge is -2.29. The maximum absolute atomic E-state index is 12.7. The predicted octanol–water partition coefficient (Wildman–Crippen LogP) is 0.767. The number of nitrogens with zero attached hydrogens (tertiary/aromatic N) is 2. The van der Waals surface area contributed by atoms with E-state index in [1.807, 2.05) is 4.90 Å². The van der Waals surface area contributed by atoms with Gasteiger partial charge in [0.1, 0.15) is 6.54 Å². The fraction of sp³-hybridized carbons (Fsp3) is 0.700. The summed E-state index contributed by atoms with van der Waals surface area (Å²) in [5, 5.41) is 0. The first kappa shape index (κ1) is 18.7. The molecular weight excluding hydrogens is 348 g/mol. The van der Waals surface area contributed by atoms with Crippen LogP contribution in [0, 0.1) is 17.3 Å². The maximum Gasteiger partial charge on any atom is 0.250 e. The Kier molecular flexibility index (Phi) is 5.61. The number of ether oxygens (including phenoxy) is 3. The molecular formula is C20H28N2O5. The van der Waals surface area contributed by atoms with Crippen molar-refractivity contribution in [2.45, 2.75) is 19.4 Å². The molecule has 1 aromatic rings. The SMILES string of the molecule is O=C(Cn1ccccc1=O)N1C[C@@H]2COC[C@]2(COCC2CCOCC2)C1. The highest BCUT2D eigenvalue weighted by molar-refractivity contribution is 5.76. The highest BCUT2D eigenvalue weighted by Crippen LogP contribution is 2.41. The molecule has 3 saturated heterocycles. The molecule has 0 bridgehead atoms. The normalized spacial score (nSPS) is 28.4. The van der Waals surface area contributed by atoms with Crippen LogP contribution >= 0.6 is 0 Å². The average molecular weight is 376 g/mol. The Morgan fingerprint density at radius 2 is 2.11 bits per heavy atom. The number of fused-ring (bicyclic) bond motifs is 1. The number of aromatic nitrogens is 1. The van der Waals surface area contributed by atoms with Gasteiger partial charge in [-0.05, 0) is 24.8 Å². The van der Waals surface area contributed by atoms with Crippen LogP contribution in [-0.2, 0) is 25.5 Å². The minimum atomic E-state index is -0.150. The number of pyridine rings is 1. The van der Waals surface area contributed by atoms with Gasteiger partial charge in [0.05, 0.1) is 19.8 Å². The molecule has 7 nitrogen and oxygen atoms in total. The van der Waals surface area contributed by atoms with Crippen molar-refractivity contribution in [3.63, 3.8) is 0 Å². The molecule has 3 aliphatic rings. The van der Waals surface area contributed by atoms with Crippen molar-refractivity contribution in [3.8, 4) is 0 Å².